The number of rotatable bonds is 3. The van der Waals surface area contributed by atoms with Crippen molar-refractivity contribution in [3.05, 3.63) is 41.7 Å². The largest absolute Gasteiger partial charge is 0.370 e. The molecule has 1 aromatic heterocycles. The first-order valence-electron chi connectivity index (χ1n) is 7.62. The predicted molar refractivity (Wildman–Crippen MR) is 90.7 cm³/mol. The van der Waals surface area contributed by atoms with Crippen LogP contribution in [0.15, 0.2) is 41.7 Å². The van der Waals surface area contributed by atoms with Gasteiger partial charge in [0.15, 0.2) is 5.57 Å². The van der Waals surface area contributed by atoms with Crippen molar-refractivity contribution >= 4 is 22.3 Å². The first-order valence-corrected chi connectivity index (χ1v) is 7.62. The molecule has 1 fully saturated rings. The lowest BCUT2D eigenvalue weighted by atomic mass is 10.1. The number of allylic oxidation sites excluding steroid dienone is 2. The second-order valence-corrected chi connectivity index (χ2v) is 5.44. The average Bonchev–Trinajstić information content (AvgIpc) is 3.16. The van der Waals surface area contributed by atoms with E-state index < -0.39 is 0 Å². The summed E-state index contributed by atoms with van der Waals surface area (Å²) in [6.45, 7) is 2.02. The Bertz CT molecular complexity index is 917. The Morgan fingerprint density at radius 3 is 2.46 bits per heavy atom. The van der Waals surface area contributed by atoms with Crippen LogP contribution >= 0.6 is 0 Å². The third-order valence-electron chi connectivity index (χ3n) is 4.04. The van der Waals surface area contributed by atoms with Crippen molar-refractivity contribution in [2.75, 3.05) is 23.3 Å². The molecule has 2 aromatic rings. The number of nitrogens with one attached hydrogen (secondary N) is 1. The van der Waals surface area contributed by atoms with Crippen LogP contribution in [-0.2, 0) is 0 Å². The molecule has 116 valence electrons. The summed E-state index contributed by atoms with van der Waals surface area (Å²) in [6.07, 6.45) is 4.08. The van der Waals surface area contributed by atoms with E-state index in [1.165, 1.54) is 12.8 Å². The summed E-state index contributed by atoms with van der Waals surface area (Å²) in [5, 5.41) is 30.9. The Labute approximate surface area is 139 Å². The summed E-state index contributed by atoms with van der Waals surface area (Å²) >= 11 is 0. The highest BCUT2D eigenvalue weighted by Gasteiger charge is 2.17. The molecule has 1 N–H and O–H groups in total. The second-order valence-electron chi connectivity index (χ2n) is 5.44. The summed E-state index contributed by atoms with van der Waals surface area (Å²) in [5.74, 6) is 0. The van der Waals surface area contributed by atoms with E-state index in [1.807, 2.05) is 30.3 Å². The topological polar surface area (TPSA) is 99.5 Å². The molecular weight excluding hydrogens is 300 g/mol. The number of fused-ring (bicyclic) bond motifs is 1. The lowest BCUT2D eigenvalue weighted by Gasteiger charge is -2.20. The van der Waals surface area contributed by atoms with E-state index >= 15 is 0 Å². The number of anilines is 2. The molecule has 0 radical (unpaired) electrons. The molecule has 0 saturated carbocycles. The third-order valence-corrected chi connectivity index (χ3v) is 4.04. The number of pyridine rings is 1. The number of nitrogens with zero attached hydrogens (tertiary/aromatic N) is 5. The molecule has 1 saturated heterocycles. The summed E-state index contributed by atoms with van der Waals surface area (Å²) in [6, 6.07) is 12.9. The maximum absolute atomic E-state index is 9.22. The minimum Gasteiger partial charge on any atom is -0.370 e. The van der Waals surface area contributed by atoms with Gasteiger partial charge in [-0.2, -0.15) is 15.8 Å². The van der Waals surface area contributed by atoms with Crippen LogP contribution in [0, 0.1) is 34.0 Å². The molecule has 0 spiro atoms. The van der Waals surface area contributed by atoms with E-state index in [0.29, 0.717) is 5.69 Å². The van der Waals surface area contributed by atoms with Crippen LogP contribution in [0.2, 0.25) is 0 Å². The van der Waals surface area contributed by atoms with Gasteiger partial charge in [0, 0.05) is 30.4 Å². The highest BCUT2D eigenvalue weighted by atomic mass is 15.1. The normalized spacial score (nSPS) is 13.0. The molecule has 0 amide bonds. The van der Waals surface area contributed by atoms with E-state index in [-0.39, 0.29) is 11.3 Å². The van der Waals surface area contributed by atoms with Crippen LogP contribution in [0.3, 0.4) is 0 Å². The smallest absolute Gasteiger partial charge is 0.163 e. The molecule has 3 rings (SSSR count). The molecule has 1 aliphatic heterocycles. The van der Waals surface area contributed by atoms with Gasteiger partial charge in [0.25, 0.3) is 0 Å². The van der Waals surface area contributed by atoms with E-state index in [0.717, 1.165) is 29.7 Å². The van der Waals surface area contributed by atoms with Gasteiger partial charge in [0.2, 0.25) is 0 Å². The van der Waals surface area contributed by atoms with E-state index in [2.05, 4.69) is 15.2 Å². The Kier molecular flexibility index (Phi) is 4.27. The highest BCUT2D eigenvalue weighted by Crippen LogP contribution is 2.33. The fourth-order valence-electron chi connectivity index (χ4n) is 2.90. The summed E-state index contributed by atoms with van der Waals surface area (Å²) in [7, 11) is 0. The Balaban J connectivity index is 2.10. The van der Waals surface area contributed by atoms with E-state index in [4.69, 9.17) is 10.5 Å². The Morgan fingerprint density at radius 2 is 1.79 bits per heavy atom. The minimum absolute atomic E-state index is 0.0564. The van der Waals surface area contributed by atoms with Crippen LogP contribution in [0.4, 0.5) is 11.4 Å². The van der Waals surface area contributed by atoms with Crippen molar-refractivity contribution in [3.8, 4) is 18.2 Å². The SMILES string of the molecule is N#CC(C#N)=C(C#N)Nc1ccc(N2CCCC2)c2ncccc12. The van der Waals surface area contributed by atoms with Gasteiger partial charge in [0.05, 0.1) is 11.2 Å². The van der Waals surface area contributed by atoms with Gasteiger partial charge >= 0.3 is 0 Å². The van der Waals surface area contributed by atoms with Crippen LogP contribution in [0.1, 0.15) is 12.8 Å². The fourth-order valence-corrected chi connectivity index (χ4v) is 2.90. The molecule has 1 aliphatic rings. The molecule has 0 atom stereocenters. The van der Waals surface area contributed by atoms with Crippen LogP contribution in [-0.4, -0.2) is 18.1 Å². The van der Waals surface area contributed by atoms with Gasteiger partial charge in [-0.05, 0) is 37.1 Å². The lowest BCUT2D eigenvalue weighted by molar-refractivity contribution is 0.949. The number of hydrogen-bond donors (Lipinski definition) is 1. The zero-order valence-corrected chi connectivity index (χ0v) is 13.0. The van der Waals surface area contributed by atoms with Gasteiger partial charge in [-0.25, -0.2) is 0 Å². The quantitative estimate of drug-likeness (QED) is 0.874. The summed E-state index contributed by atoms with van der Waals surface area (Å²) in [4.78, 5) is 6.80. The van der Waals surface area contributed by atoms with Crippen molar-refractivity contribution in [1.29, 1.82) is 15.8 Å². The molecule has 0 unspecified atom stereocenters. The number of aromatic nitrogens is 1. The number of benzene rings is 1. The molecule has 6 nitrogen and oxygen atoms in total. The first-order chi connectivity index (χ1) is 11.8. The maximum atomic E-state index is 9.22. The zero-order valence-electron chi connectivity index (χ0n) is 13.0. The fraction of sp³-hybridized carbons (Fsp3) is 0.222. The number of nitriles is 3. The van der Waals surface area contributed by atoms with Crippen molar-refractivity contribution in [2.24, 2.45) is 0 Å². The van der Waals surface area contributed by atoms with Crippen LogP contribution in [0.5, 0.6) is 0 Å². The van der Waals surface area contributed by atoms with Crippen molar-refractivity contribution in [1.82, 2.24) is 4.98 Å². The van der Waals surface area contributed by atoms with Crippen molar-refractivity contribution in [2.45, 2.75) is 12.8 Å². The van der Waals surface area contributed by atoms with Gasteiger partial charge in [-0.3, -0.25) is 4.98 Å². The molecule has 0 bridgehead atoms. The van der Waals surface area contributed by atoms with Crippen LogP contribution < -0.4 is 10.2 Å². The van der Waals surface area contributed by atoms with Crippen molar-refractivity contribution < 1.29 is 0 Å². The molecule has 24 heavy (non-hydrogen) atoms. The lowest BCUT2D eigenvalue weighted by Crippen LogP contribution is -2.18. The zero-order chi connectivity index (χ0) is 16.9. The Morgan fingerprint density at radius 1 is 1.04 bits per heavy atom. The van der Waals surface area contributed by atoms with Gasteiger partial charge in [-0.1, -0.05) is 0 Å². The van der Waals surface area contributed by atoms with E-state index in [1.54, 1.807) is 18.3 Å². The average molecular weight is 314 g/mol. The third kappa shape index (κ3) is 2.72. The Hall–Kier alpha value is -3.56. The first kappa shape index (κ1) is 15.3. The maximum Gasteiger partial charge on any atom is 0.163 e. The monoisotopic (exact) mass is 314 g/mol. The molecule has 6 heteroatoms. The summed E-state index contributed by atoms with van der Waals surface area (Å²) < 4.78 is 0. The van der Waals surface area contributed by atoms with E-state index in [9.17, 15) is 5.26 Å². The number of hydrogen-bond acceptors (Lipinski definition) is 6. The standard InChI is InChI=1S/C18H14N6/c19-10-13(11-20)16(12-21)23-15-5-6-17(24-8-1-2-9-24)18-14(15)4-3-7-22-18/h3-7,23H,1-2,8-9H2. The van der Waals surface area contributed by atoms with Crippen LogP contribution in [0.25, 0.3) is 10.9 Å². The highest BCUT2D eigenvalue weighted by molar-refractivity contribution is 6.00. The van der Waals surface area contributed by atoms with Gasteiger partial charge in [0.1, 0.15) is 23.9 Å². The molecule has 0 aliphatic carbocycles. The summed E-state index contributed by atoms with van der Waals surface area (Å²) in [5.41, 5.74) is 2.27. The minimum atomic E-state index is -0.238. The molecule has 2 heterocycles. The molecule has 1 aromatic carbocycles. The van der Waals surface area contributed by atoms with Gasteiger partial charge < -0.3 is 10.2 Å². The molecular formula is C18H14N6. The van der Waals surface area contributed by atoms with Crippen molar-refractivity contribution in [3.63, 3.8) is 0 Å². The predicted octanol–water partition coefficient (Wildman–Crippen LogP) is 3.07. The second kappa shape index (κ2) is 6.69. The van der Waals surface area contributed by atoms with Gasteiger partial charge in [-0.15, -0.1) is 0 Å².